The third kappa shape index (κ3) is 3.19. The summed E-state index contributed by atoms with van der Waals surface area (Å²) in [5.41, 5.74) is 0.962. The predicted octanol–water partition coefficient (Wildman–Crippen LogP) is 2.60. The smallest absolute Gasteiger partial charge is 0.116 e. The van der Waals surface area contributed by atoms with Crippen molar-refractivity contribution in [3.8, 4) is 0 Å². The van der Waals surface area contributed by atoms with Crippen LogP contribution in [0.4, 0.5) is 0 Å². The van der Waals surface area contributed by atoms with Crippen LogP contribution >= 0.6 is 11.8 Å². The zero-order valence-electron chi connectivity index (χ0n) is 8.19. The van der Waals surface area contributed by atoms with Crippen LogP contribution in [0.1, 0.15) is 19.5 Å². The van der Waals surface area contributed by atoms with E-state index in [1.54, 1.807) is 25.0 Å². The normalized spacial score (nSPS) is 12.2. The molecular weight excluding hydrogens is 180 g/mol. The van der Waals surface area contributed by atoms with Crippen LogP contribution in [0, 0.1) is 0 Å². The van der Waals surface area contributed by atoms with Crippen molar-refractivity contribution in [3.05, 3.63) is 30.1 Å². The van der Waals surface area contributed by atoms with Gasteiger partial charge in [-0.3, -0.25) is 9.98 Å². The lowest BCUT2D eigenvalue weighted by molar-refractivity contribution is 1.12. The monoisotopic (exact) mass is 194 g/mol. The minimum Gasteiger partial charge on any atom is -0.280 e. The molecule has 0 spiro atoms. The highest BCUT2D eigenvalue weighted by molar-refractivity contribution is 8.14. The minimum atomic E-state index is 0.542. The van der Waals surface area contributed by atoms with Crippen molar-refractivity contribution in [2.24, 2.45) is 4.99 Å². The summed E-state index contributed by atoms with van der Waals surface area (Å²) in [5.74, 6) is 0. The van der Waals surface area contributed by atoms with Crippen LogP contribution in [0.15, 0.2) is 29.4 Å². The molecule has 0 saturated carbocycles. The number of pyridine rings is 1. The topological polar surface area (TPSA) is 25.2 Å². The summed E-state index contributed by atoms with van der Waals surface area (Å²) in [5, 5.41) is 1.55. The molecule has 0 aliphatic rings. The third-order valence-electron chi connectivity index (χ3n) is 1.43. The molecule has 0 saturated heterocycles. The molecule has 0 aliphatic heterocycles. The van der Waals surface area contributed by atoms with Crippen molar-refractivity contribution < 1.29 is 0 Å². The number of hydrogen-bond acceptors (Lipinski definition) is 3. The van der Waals surface area contributed by atoms with E-state index in [-0.39, 0.29) is 0 Å². The molecule has 0 N–H and O–H groups in total. The average Bonchev–Trinajstić information content (AvgIpc) is 2.15. The maximum Gasteiger partial charge on any atom is 0.116 e. The summed E-state index contributed by atoms with van der Waals surface area (Å²) < 4.78 is 0. The van der Waals surface area contributed by atoms with Crippen molar-refractivity contribution in [2.75, 3.05) is 7.05 Å². The summed E-state index contributed by atoms with van der Waals surface area (Å²) in [7, 11) is 1.80. The Kier molecular flexibility index (Phi) is 3.96. The Morgan fingerprint density at radius 3 is 2.69 bits per heavy atom. The number of aliphatic imine (C=N–C) groups is 1. The largest absolute Gasteiger partial charge is 0.280 e. The van der Waals surface area contributed by atoms with Gasteiger partial charge in [-0.05, 0) is 12.1 Å². The van der Waals surface area contributed by atoms with Gasteiger partial charge in [0.2, 0.25) is 0 Å². The fourth-order valence-corrected chi connectivity index (χ4v) is 1.73. The van der Waals surface area contributed by atoms with Gasteiger partial charge in [0.1, 0.15) is 5.04 Å². The van der Waals surface area contributed by atoms with Crippen LogP contribution in [0.3, 0.4) is 0 Å². The second-order valence-corrected chi connectivity index (χ2v) is 4.48. The molecule has 1 aromatic heterocycles. The Hall–Kier alpha value is -0.830. The van der Waals surface area contributed by atoms with Gasteiger partial charge < -0.3 is 0 Å². The lowest BCUT2D eigenvalue weighted by Crippen LogP contribution is -2.02. The van der Waals surface area contributed by atoms with Gasteiger partial charge >= 0.3 is 0 Å². The Morgan fingerprint density at radius 1 is 1.46 bits per heavy atom. The molecule has 0 bridgehead atoms. The average molecular weight is 194 g/mol. The van der Waals surface area contributed by atoms with Crippen LogP contribution in [-0.4, -0.2) is 22.3 Å². The Labute approximate surface area is 83.5 Å². The molecule has 0 unspecified atom stereocenters. The number of nitrogens with zero attached hydrogens (tertiary/aromatic N) is 2. The SMILES string of the molecule is C/N=C(\SC(C)C)c1ccccn1. The van der Waals surface area contributed by atoms with Gasteiger partial charge in [0.25, 0.3) is 0 Å². The van der Waals surface area contributed by atoms with E-state index < -0.39 is 0 Å². The number of rotatable bonds is 2. The molecule has 70 valence electrons. The summed E-state index contributed by atoms with van der Waals surface area (Å²) in [6.07, 6.45) is 1.79. The standard InChI is InChI=1S/C10H14N2S/c1-8(2)13-10(11-3)9-6-4-5-7-12-9/h4-8H,1-3H3/b11-10-. The van der Waals surface area contributed by atoms with Gasteiger partial charge in [-0.25, -0.2) is 0 Å². The zero-order valence-corrected chi connectivity index (χ0v) is 9.01. The lowest BCUT2D eigenvalue weighted by Gasteiger charge is -2.06. The van der Waals surface area contributed by atoms with E-state index >= 15 is 0 Å². The van der Waals surface area contributed by atoms with Gasteiger partial charge in [-0.15, -0.1) is 11.8 Å². The van der Waals surface area contributed by atoms with E-state index in [1.165, 1.54) is 0 Å². The molecule has 0 atom stereocenters. The van der Waals surface area contributed by atoms with Crippen LogP contribution in [0.2, 0.25) is 0 Å². The van der Waals surface area contributed by atoms with E-state index in [2.05, 4.69) is 23.8 Å². The van der Waals surface area contributed by atoms with Crippen LogP contribution in [0.25, 0.3) is 0 Å². The van der Waals surface area contributed by atoms with Crippen LogP contribution < -0.4 is 0 Å². The van der Waals surface area contributed by atoms with Crippen molar-refractivity contribution in [1.82, 2.24) is 4.98 Å². The number of thioether (sulfide) groups is 1. The van der Waals surface area contributed by atoms with E-state index in [1.807, 2.05) is 18.2 Å². The van der Waals surface area contributed by atoms with E-state index in [4.69, 9.17) is 0 Å². The molecule has 0 radical (unpaired) electrons. The van der Waals surface area contributed by atoms with Crippen molar-refractivity contribution in [1.29, 1.82) is 0 Å². The molecule has 0 aromatic carbocycles. The second-order valence-electron chi connectivity index (χ2n) is 2.91. The lowest BCUT2D eigenvalue weighted by atomic mass is 10.4. The number of aromatic nitrogens is 1. The first-order chi connectivity index (χ1) is 6.24. The molecular formula is C10H14N2S. The number of hydrogen-bond donors (Lipinski definition) is 0. The van der Waals surface area contributed by atoms with E-state index in [0.29, 0.717) is 5.25 Å². The summed E-state index contributed by atoms with van der Waals surface area (Å²) in [6.45, 7) is 4.30. The van der Waals surface area contributed by atoms with Gasteiger partial charge in [-0.1, -0.05) is 19.9 Å². The van der Waals surface area contributed by atoms with Gasteiger partial charge in [0, 0.05) is 18.5 Å². The van der Waals surface area contributed by atoms with E-state index in [9.17, 15) is 0 Å². The van der Waals surface area contributed by atoms with Crippen molar-refractivity contribution >= 4 is 16.8 Å². The molecule has 0 amide bonds. The molecule has 13 heavy (non-hydrogen) atoms. The molecule has 0 fully saturated rings. The third-order valence-corrected chi connectivity index (χ3v) is 2.52. The first-order valence-corrected chi connectivity index (χ1v) is 5.17. The molecule has 1 rings (SSSR count). The highest BCUT2D eigenvalue weighted by atomic mass is 32.2. The highest BCUT2D eigenvalue weighted by Gasteiger charge is 2.05. The molecule has 1 heterocycles. The minimum absolute atomic E-state index is 0.542. The summed E-state index contributed by atoms with van der Waals surface area (Å²) >= 11 is 1.74. The Bertz CT molecular complexity index is 280. The Balaban J connectivity index is 2.80. The summed E-state index contributed by atoms with van der Waals surface area (Å²) in [4.78, 5) is 8.47. The maximum absolute atomic E-state index is 4.25. The molecule has 1 aromatic rings. The fourth-order valence-electron chi connectivity index (χ4n) is 0.940. The Morgan fingerprint density at radius 2 is 2.23 bits per heavy atom. The fraction of sp³-hybridized carbons (Fsp3) is 0.400. The molecule has 3 heteroatoms. The van der Waals surface area contributed by atoms with Crippen LogP contribution in [-0.2, 0) is 0 Å². The quantitative estimate of drug-likeness (QED) is 0.534. The zero-order chi connectivity index (χ0) is 9.68. The maximum atomic E-state index is 4.25. The second kappa shape index (κ2) is 5.02. The van der Waals surface area contributed by atoms with Crippen LogP contribution in [0.5, 0.6) is 0 Å². The summed E-state index contributed by atoms with van der Waals surface area (Å²) in [6, 6.07) is 5.88. The van der Waals surface area contributed by atoms with E-state index in [0.717, 1.165) is 10.7 Å². The molecule has 2 nitrogen and oxygen atoms in total. The van der Waals surface area contributed by atoms with Gasteiger partial charge in [-0.2, -0.15) is 0 Å². The highest BCUT2D eigenvalue weighted by Crippen LogP contribution is 2.16. The first kappa shape index (κ1) is 10.3. The predicted molar refractivity (Wildman–Crippen MR) is 59.4 cm³/mol. The van der Waals surface area contributed by atoms with Gasteiger partial charge in [0.05, 0.1) is 5.69 Å². The molecule has 0 aliphatic carbocycles. The van der Waals surface area contributed by atoms with Crippen molar-refractivity contribution in [2.45, 2.75) is 19.1 Å². The van der Waals surface area contributed by atoms with Crippen molar-refractivity contribution in [3.63, 3.8) is 0 Å². The first-order valence-electron chi connectivity index (χ1n) is 4.29. The van der Waals surface area contributed by atoms with Gasteiger partial charge in [0.15, 0.2) is 0 Å².